The predicted molar refractivity (Wildman–Crippen MR) is 73.5 cm³/mol. The summed E-state index contributed by atoms with van der Waals surface area (Å²) in [4.78, 5) is 23.0. The molecule has 0 spiro atoms. The topological polar surface area (TPSA) is 61.4 Å². The maximum absolute atomic E-state index is 12.5. The normalized spacial score (nSPS) is 18.7. The molecule has 0 bridgehead atoms. The standard InChI is InChI=1S/C13H16F3N5O/c14-13(15,16)9-6-21(7-9)11-4-10(18-8-19-11)17-5-12(22)20-2-1-3-20/h4,8-9H,1-3,5-7H2,(H,17,18,19). The van der Waals surface area contributed by atoms with Gasteiger partial charge in [-0.2, -0.15) is 13.2 Å². The highest BCUT2D eigenvalue weighted by Crippen LogP contribution is 2.35. The fraction of sp³-hybridized carbons (Fsp3) is 0.615. The number of carbonyl (C=O) groups excluding carboxylic acids is 1. The molecular weight excluding hydrogens is 299 g/mol. The minimum Gasteiger partial charge on any atom is -0.361 e. The third-order valence-electron chi connectivity index (χ3n) is 3.95. The van der Waals surface area contributed by atoms with Gasteiger partial charge in [0.15, 0.2) is 0 Å². The number of alkyl halides is 3. The van der Waals surface area contributed by atoms with Crippen molar-refractivity contribution in [2.75, 3.05) is 42.9 Å². The lowest BCUT2D eigenvalue weighted by Crippen LogP contribution is -2.53. The van der Waals surface area contributed by atoms with Gasteiger partial charge in [0.25, 0.3) is 0 Å². The van der Waals surface area contributed by atoms with Crippen LogP contribution in [0.25, 0.3) is 0 Å². The Hall–Kier alpha value is -2.06. The molecule has 1 amide bonds. The Morgan fingerprint density at radius 1 is 1.32 bits per heavy atom. The fourth-order valence-corrected chi connectivity index (χ4v) is 2.33. The van der Waals surface area contributed by atoms with Gasteiger partial charge in [0, 0.05) is 32.2 Å². The van der Waals surface area contributed by atoms with Gasteiger partial charge in [-0.05, 0) is 6.42 Å². The second-order valence-electron chi connectivity index (χ2n) is 5.49. The van der Waals surface area contributed by atoms with E-state index in [-0.39, 0.29) is 25.5 Å². The summed E-state index contributed by atoms with van der Waals surface area (Å²) >= 11 is 0. The van der Waals surface area contributed by atoms with Crippen molar-refractivity contribution >= 4 is 17.5 Å². The zero-order valence-corrected chi connectivity index (χ0v) is 11.8. The highest BCUT2D eigenvalue weighted by atomic mass is 19.4. The third kappa shape index (κ3) is 3.07. The molecule has 1 aromatic rings. The monoisotopic (exact) mass is 315 g/mol. The van der Waals surface area contributed by atoms with Crippen molar-refractivity contribution in [1.82, 2.24) is 14.9 Å². The summed E-state index contributed by atoms with van der Waals surface area (Å²) in [6.45, 7) is 1.51. The van der Waals surface area contributed by atoms with Crippen molar-refractivity contribution in [1.29, 1.82) is 0 Å². The molecule has 2 fully saturated rings. The molecule has 0 unspecified atom stereocenters. The summed E-state index contributed by atoms with van der Waals surface area (Å²) in [7, 11) is 0. The Morgan fingerprint density at radius 2 is 2.05 bits per heavy atom. The second-order valence-corrected chi connectivity index (χ2v) is 5.49. The number of anilines is 2. The summed E-state index contributed by atoms with van der Waals surface area (Å²) in [6.07, 6.45) is -1.85. The molecule has 2 aliphatic heterocycles. The third-order valence-corrected chi connectivity index (χ3v) is 3.95. The zero-order chi connectivity index (χ0) is 15.7. The molecule has 0 aliphatic carbocycles. The van der Waals surface area contributed by atoms with Gasteiger partial charge in [-0.1, -0.05) is 0 Å². The molecule has 1 aromatic heterocycles. The summed E-state index contributed by atoms with van der Waals surface area (Å²) in [6, 6.07) is 1.57. The largest absolute Gasteiger partial charge is 0.395 e. The van der Waals surface area contributed by atoms with Crippen molar-refractivity contribution in [3.05, 3.63) is 12.4 Å². The summed E-state index contributed by atoms with van der Waals surface area (Å²) < 4.78 is 37.4. The van der Waals surface area contributed by atoms with Gasteiger partial charge in [0.2, 0.25) is 5.91 Å². The Balaban J connectivity index is 1.53. The van der Waals surface area contributed by atoms with E-state index >= 15 is 0 Å². The highest BCUT2D eigenvalue weighted by molar-refractivity contribution is 5.81. The number of amides is 1. The molecule has 2 saturated heterocycles. The van der Waals surface area contributed by atoms with Gasteiger partial charge in [0.1, 0.15) is 18.0 Å². The molecule has 3 heterocycles. The van der Waals surface area contributed by atoms with Crippen LogP contribution in [0.1, 0.15) is 6.42 Å². The number of aromatic nitrogens is 2. The Kier molecular flexibility index (Phi) is 3.79. The molecule has 22 heavy (non-hydrogen) atoms. The van der Waals surface area contributed by atoms with Crippen LogP contribution < -0.4 is 10.2 Å². The van der Waals surface area contributed by atoms with E-state index in [2.05, 4.69) is 15.3 Å². The minimum absolute atomic E-state index is 0.00695. The fourth-order valence-electron chi connectivity index (χ4n) is 2.33. The lowest BCUT2D eigenvalue weighted by molar-refractivity contribution is -0.180. The smallest absolute Gasteiger partial charge is 0.361 e. The average molecular weight is 315 g/mol. The van der Waals surface area contributed by atoms with E-state index in [4.69, 9.17) is 0 Å². The Labute approximate surface area is 125 Å². The molecule has 0 saturated carbocycles. The number of carbonyl (C=O) groups is 1. The number of likely N-dealkylation sites (tertiary alicyclic amines) is 1. The SMILES string of the molecule is O=C(CNc1cc(N2CC(C(F)(F)F)C2)ncn1)N1CCC1. The van der Waals surface area contributed by atoms with Crippen molar-refractivity contribution in [3.63, 3.8) is 0 Å². The van der Waals surface area contributed by atoms with Crippen LogP contribution in [-0.4, -0.2) is 59.7 Å². The second kappa shape index (κ2) is 5.62. The number of rotatable bonds is 4. The summed E-state index contributed by atoms with van der Waals surface area (Å²) in [5.74, 6) is -0.428. The Morgan fingerprint density at radius 3 is 2.64 bits per heavy atom. The van der Waals surface area contributed by atoms with E-state index in [0.29, 0.717) is 11.6 Å². The molecule has 3 rings (SSSR count). The average Bonchev–Trinajstić information content (AvgIpc) is 2.31. The van der Waals surface area contributed by atoms with Gasteiger partial charge >= 0.3 is 6.18 Å². The van der Waals surface area contributed by atoms with E-state index in [1.165, 1.54) is 6.33 Å². The van der Waals surface area contributed by atoms with E-state index in [0.717, 1.165) is 19.5 Å². The predicted octanol–water partition coefficient (Wildman–Crippen LogP) is 1.12. The van der Waals surface area contributed by atoms with Crippen LogP contribution in [0.2, 0.25) is 0 Å². The van der Waals surface area contributed by atoms with Crippen molar-refractivity contribution in [2.24, 2.45) is 5.92 Å². The molecular formula is C13H16F3N5O. The number of hydrogen-bond acceptors (Lipinski definition) is 5. The lowest BCUT2D eigenvalue weighted by Gasteiger charge is -2.40. The first-order chi connectivity index (χ1) is 10.4. The maximum atomic E-state index is 12.5. The minimum atomic E-state index is -4.16. The van der Waals surface area contributed by atoms with E-state index in [1.807, 2.05) is 0 Å². The van der Waals surface area contributed by atoms with Crippen LogP contribution in [0.5, 0.6) is 0 Å². The van der Waals surface area contributed by atoms with Crippen molar-refractivity contribution in [2.45, 2.75) is 12.6 Å². The molecule has 120 valence electrons. The molecule has 1 N–H and O–H groups in total. The van der Waals surface area contributed by atoms with Crippen LogP contribution in [-0.2, 0) is 4.79 Å². The van der Waals surface area contributed by atoms with Gasteiger partial charge in [0.05, 0.1) is 12.5 Å². The van der Waals surface area contributed by atoms with Crippen LogP contribution >= 0.6 is 0 Å². The number of halogens is 3. The summed E-state index contributed by atoms with van der Waals surface area (Å²) in [5.41, 5.74) is 0. The number of nitrogens with one attached hydrogen (secondary N) is 1. The quantitative estimate of drug-likeness (QED) is 0.902. The first-order valence-corrected chi connectivity index (χ1v) is 7.09. The van der Waals surface area contributed by atoms with Crippen LogP contribution in [0, 0.1) is 5.92 Å². The molecule has 2 aliphatic rings. The number of nitrogens with zero attached hydrogens (tertiary/aromatic N) is 4. The van der Waals surface area contributed by atoms with Gasteiger partial charge in [-0.3, -0.25) is 4.79 Å². The first kappa shape index (κ1) is 14.9. The van der Waals surface area contributed by atoms with Crippen LogP contribution in [0.4, 0.5) is 24.8 Å². The van der Waals surface area contributed by atoms with E-state index in [1.54, 1.807) is 15.9 Å². The Bertz CT molecular complexity index is 555. The van der Waals surface area contributed by atoms with Crippen LogP contribution in [0.3, 0.4) is 0 Å². The zero-order valence-electron chi connectivity index (χ0n) is 11.8. The molecule has 0 atom stereocenters. The molecule has 0 radical (unpaired) electrons. The summed E-state index contributed by atoms with van der Waals surface area (Å²) in [5, 5.41) is 2.89. The van der Waals surface area contributed by atoms with Gasteiger partial charge in [-0.15, -0.1) is 0 Å². The van der Waals surface area contributed by atoms with Gasteiger partial charge < -0.3 is 15.1 Å². The van der Waals surface area contributed by atoms with Crippen molar-refractivity contribution < 1.29 is 18.0 Å². The first-order valence-electron chi connectivity index (χ1n) is 7.09. The molecule has 0 aromatic carbocycles. The van der Waals surface area contributed by atoms with Crippen molar-refractivity contribution in [3.8, 4) is 0 Å². The lowest BCUT2D eigenvalue weighted by atomic mass is 10.00. The van der Waals surface area contributed by atoms with E-state index in [9.17, 15) is 18.0 Å². The van der Waals surface area contributed by atoms with Gasteiger partial charge in [-0.25, -0.2) is 9.97 Å². The molecule has 6 nitrogen and oxygen atoms in total. The maximum Gasteiger partial charge on any atom is 0.395 e. The number of hydrogen-bond donors (Lipinski definition) is 1. The van der Waals surface area contributed by atoms with E-state index < -0.39 is 12.1 Å². The van der Waals surface area contributed by atoms with Crippen LogP contribution in [0.15, 0.2) is 12.4 Å². The molecule has 9 heteroatoms. The highest BCUT2D eigenvalue weighted by Gasteiger charge is 2.47.